The molecule has 6 heteroatoms. The third-order valence-electron chi connectivity index (χ3n) is 5.12. The highest BCUT2D eigenvalue weighted by Crippen LogP contribution is 2.29. The van der Waals surface area contributed by atoms with E-state index in [0.717, 1.165) is 51.7 Å². The number of nitrogens with zero attached hydrogens (tertiary/aromatic N) is 1. The summed E-state index contributed by atoms with van der Waals surface area (Å²) >= 11 is 0. The van der Waals surface area contributed by atoms with Crippen LogP contribution in [0.2, 0.25) is 0 Å². The van der Waals surface area contributed by atoms with Crippen molar-refractivity contribution < 1.29 is 14.3 Å². The zero-order chi connectivity index (χ0) is 14.7. The fraction of sp³-hybridized carbons (Fsp3) is 0.938. The van der Waals surface area contributed by atoms with E-state index in [4.69, 9.17) is 15.2 Å². The molecule has 0 radical (unpaired) electrons. The highest BCUT2D eigenvalue weighted by Gasteiger charge is 2.37. The van der Waals surface area contributed by atoms with Crippen molar-refractivity contribution in [1.29, 1.82) is 0 Å². The van der Waals surface area contributed by atoms with Crippen LogP contribution in [0.1, 0.15) is 51.4 Å². The standard InChI is InChI=1S/C16H28N2O3.ClH/c17-10-13-7-8-15(21-13)16(19)18(12-4-1-2-5-12)11-14-6-3-9-20-14;/h12-15H,1-11,17H2;1H/t13-,14?,15+;/m1./s1. The lowest BCUT2D eigenvalue weighted by molar-refractivity contribution is -0.146. The summed E-state index contributed by atoms with van der Waals surface area (Å²) in [4.78, 5) is 15.0. The van der Waals surface area contributed by atoms with Gasteiger partial charge in [0.05, 0.1) is 12.2 Å². The highest BCUT2D eigenvalue weighted by atomic mass is 35.5. The molecule has 0 aromatic rings. The van der Waals surface area contributed by atoms with Crippen molar-refractivity contribution in [3.8, 4) is 0 Å². The van der Waals surface area contributed by atoms with Gasteiger partial charge in [-0.15, -0.1) is 12.4 Å². The molecule has 2 N–H and O–H groups in total. The summed E-state index contributed by atoms with van der Waals surface area (Å²) < 4.78 is 11.6. The van der Waals surface area contributed by atoms with Crippen LogP contribution in [0.4, 0.5) is 0 Å². The Labute approximate surface area is 139 Å². The molecule has 128 valence electrons. The number of rotatable bonds is 5. The first-order valence-corrected chi connectivity index (χ1v) is 8.55. The maximum absolute atomic E-state index is 12.9. The first-order valence-electron chi connectivity index (χ1n) is 8.55. The third-order valence-corrected chi connectivity index (χ3v) is 5.12. The minimum atomic E-state index is -0.277. The van der Waals surface area contributed by atoms with E-state index in [0.29, 0.717) is 12.6 Å². The average Bonchev–Trinajstić information content (AvgIpc) is 3.25. The summed E-state index contributed by atoms with van der Waals surface area (Å²) in [7, 11) is 0. The van der Waals surface area contributed by atoms with E-state index >= 15 is 0 Å². The average molecular weight is 333 g/mol. The fourth-order valence-corrected chi connectivity index (χ4v) is 3.89. The van der Waals surface area contributed by atoms with Crippen LogP contribution in [0.15, 0.2) is 0 Å². The largest absolute Gasteiger partial charge is 0.376 e. The maximum atomic E-state index is 12.9. The number of carbonyl (C=O) groups excluding carboxylic acids is 1. The van der Waals surface area contributed by atoms with Crippen LogP contribution in [0.25, 0.3) is 0 Å². The van der Waals surface area contributed by atoms with Crippen LogP contribution in [0, 0.1) is 0 Å². The summed E-state index contributed by atoms with van der Waals surface area (Å²) in [6.45, 7) is 2.10. The van der Waals surface area contributed by atoms with E-state index in [1.807, 2.05) is 0 Å². The topological polar surface area (TPSA) is 64.8 Å². The summed E-state index contributed by atoms with van der Waals surface area (Å²) in [5, 5.41) is 0. The molecule has 3 atom stereocenters. The SMILES string of the molecule is Cl.NC[C@H]1CC[C@@H](C(=O)N(CC2CCCO2)C2CCCC2)O1. The molecule has 22 heavy (non-hydrogen) atoms. The molecule has 2 saturated heterocycles. The molecular weight excluding hydrogens is 304 g/mol. The van der Waals surface area contributed by atoms with Crippen LogP contribution in [-0.2, 0) is 14.3 Å². The second kappa shape index (κ2) is 8.48. The van der Waals surface area contributed by atoms with Crippen molar-refractivity contribution in [1.82, 2.24) is 4.90 Å². The van der Waals surface area contributed by atoms with Gasteiger partial charge >= 0.3 is 0 Å². The Hall–Kier alpha value is -0.360. The van der Waals surface area contributed by atoms with Gasteiger partial charge in [0, 0.05) is 25.7 Å². The monoisotopic (exact) mass is 332 g/mol. The Bertz CT molecular complexity index is 357. The van der Waals surface area contributed by atoms with Gasteiger partial charge in [0.15, 0.2) is 0 Å². The Morgan fingerprint density at radius 2 is 1.82 bits per heavy atom. The van der Waals surface area contributed by atoms with Crippen molar-refractivity contribution in [2.24, 2.45) is 5.73 Å². The number of hydrogen-bond donors (Lipinski definition) is 1. The summed E-state index contributed by atoms with van der Waals surface area (Å²) in [6, 6.07) is 0.391. The van der Waals surface area contributed by atoms with Crippen molar-refractivity contribution in [2.45, 2.75) is 75.7 Å². The molecule has 1 amide bonds. The first-order chi connectivity index (χ1) is 10.3. The van der Waals surface area contributed by atoms with Crippen LogP contribution in [0.3, 0.4) is 0 Å². The second-order valence-corrected chi connectivity index (χ2v) is 6.62. The van der Waals surface area contributed by atoms with E-state index in [1.165, 1.54) is 12.8 Å². The molecule has 2 heterocycles. The number of halogens is 1. The van der Waals surface area contributed by atoms with Crippen molar-refractivity contribution in [3.05, 3.63) is 0 Å². The zero-order valence-electron chi connectivity index (χ0n) is 13.2. The van der Waals surface area contributed by atoms with Gasteiger partial charge in [-0.2, -0.15) is 0 Å². The molecule has 2 aliphatic heterocycles. The van der Waals surface area contributed by atoms with Gasteiger partial charge in [-0.05, 0) is 38.5 Å². The normalized spacial score (nSPS) is 32.1. The number of nitrogens with two attached hydrogens (primary N) is 1. The second-order valence-electron chi connectivity index (χ2n) is 6.62. The molecule has 3 rings (SSSR count). The summed E-state index contributed by atoms with van der Waals surface area (Å²) in [5.74, 6) is 0.174. The molecule has 1 unspecified atom stereocenters. The van der Waals surface area contributed by atoms with Gasteiger partial charge in [0.2, 0.25) is 0 Å². The maximum Gasteiger partial charge on any atom is 0.252 e. The molecule has 1 saturated carbocycles. The molecule has 0 spiro atoms. The van der Waals surface area contributed by atoms with Crippen molar-refractivity contribution >= 4 is 18.3 Å². The molecule has 0 aromatic carbocycles. The van der Waals surface area contributed by atoms with Crippen molar-refractivity contribution in [3.63, 3.8) is 0 Å². The number of amides is 1. The Kier molecular flexibility index (Phi) is 6.93. The lowest BCUT2D eigenvalue weighted by atomic mass is 10.1. The molecule has 5 nitrogen and oxygen atoms in total. The molecule has 3 aliphatic rings. The van der Waals surface area contributed by atoms with Gasteiger partial charge in [0.1, 0.15) is 6.10 Å². The van der Waals surface area contributed by atoms with E-state index in [9.17, 15) is 4.79 Å². The van der Waals surface area contributed by atoms with E-state index in [-0.39, 0.29) is 36.6 Å². The Morgan fingerprint density at radius 3 is 2.41 bits per heavy atom. The Balaban J connectivity index is 0.00000176. The van der Waals surface area contributed by atoms with Crippen molar-refractivity contribution in [2.75, 3.05) is 19.7 Å². The minimum absolute atomic E-state index is 0. The predicted molar refractivity (Wildman–Crippen MR) is 87.1 cm³/mol. The smallest absolute Gasteiger partial charge is 0.252 e. The number of carbonyl (C=O) groups is 1. The van der Waals surface area contributed by atoms with E-state index < -0.39 is 0 Å². The lowest BCUT2D eigenvalue weighted by Crippen LogP contribution is -2.48. The highest BCUT2D eigenvalue weighted by molar-refractivity contribution is 5.85. The van der Waals surface area contributed by atoms with Gasteiger partial charge in [-0.25, -0.2) is 0 Å². The molecular formula is C16H29ClN2O3. The fourth-order valence-electron chi connectivity index (χ4n) is 3.89. The molecule has 1 aliphatic carbocycles. The van der Waals surface area contributed by atoms with E-state index in [2.05, 4.69) is 4.90 Å². The Morgan fingerprint density at radius 1 is 1.05 bits per heavy atom. The molecule has 0 bridgehead atoms. The van der Waals surface area contributed by atoms with Crippen LogP contribution in [0.5, 0.6) is 0 Å². The van der Waals surface area contributed by atoms with Gasteiger partial charge in [-0.3, -0.25) is 4.79 Å². The minimum Gasteiger partial charge on any atom is -0.376 e. The molecule has 0 aromatic heterocycles. The van der Waals surface area contributed by atoms with Gasteiger partial charge in [0.25, 0.3) is 5.91 Å². The van der Waals surface area contributed by atoms with Crippen LogP contribution >= 0.6 is 12.4 Å². The molecule has 3 fully saturated rings. The van der Waals surface area contributed by atoms with Crippen LogP contribution in [-0.4, -0.2) is 54.9 Å². The third kappa shape index (κ3) is 4.13. The van der Waals surface area contributed by atoms with E-state index in [1.54, 1.807) is 0 Å². The number of ether oxygens (including phenoxy) is 2. The van der Waals surface area contributed by atoms with Gasteiger partial charge < -0.3 is 20.1 Å². The lowest BCUT2D eigenvalue weighted by Gasteiger charge is -2.33. The predicted octanol–water partition coefficient (Wildman–Crippen LogP) is 1.86. The number of hydrogen-bond acceptors (Lipinski definition) is 4. The zero-order valence-corrected chi connectivity index (χ0v) is 14.1. The van der Waals surface area contributed by atoms with Crippen LogP contribution < -0.4 is 5.73 Å². The summed E-state index contributed by atoms with van der Waals surface area (Å²) in [5.41, 5.74) is 5.66. The quantitative estimate of drug-likeness (QED) is 0.834. The first kappa shape index (κ1) is 18.0. The van der Waals surface area contributed by atoms with Gasteiger partial charge in [-0.1, -0.05) is 12.8 Å². The summed E-state index contributed by atoms with van der Waals surface area (Å²) in [6.07, 6.45) is 8.65.